The topological polar surface area (TPSA) is 58.4 Å². The number of likely N-dealkylation sites (tertiary alicyclic amines) is 1. The summed E-state index contributed by atoms with van der Waals surface area (Å²) in [7, 11) is 0. The summed E-state index contributed by atoms with van der Waals surface area (Å²) in [5.41, 5.74) is 5.66. The Kier molecular flexibility index (Phi) is 3.03. The smallest absolute Gasteiger partial charge is 0.236 e. The third-order valence-corrected chi connectivity index (χ3v) is 3.18. The van der Waals surface area contributed by atoms with E-state index in [0.717, 1.165) is 25.9 Å². The molecule has 0 spiro atoms. The van der Waals surface area contributed by atoms with Crippen molar-refractivity contribution in [2.24, 2.45) is 5.73 Å². The second-order valence-electron chi connectivity index (χ2n) is 4.40. The van der Waals surface area contributed by atoms with Gasteiger partial charge in [-0.2, -0.15) is 0 Å². The lowest BCUT2D eigenvalue weighted by Crippen LogP contribution is -2.51. The van der Waals surface area contributed by atoms with Gasteiger partial charge in [0.1, 0.15) is 0 Å². The van der Waals surface area contributed by atoms with Crippen molar-refractivity contribution in [1.29, 1.82) is 0 Å². The molecule has 4 heteroatoms. The molecule has 0 atom stereocenters. The van der Waals surface area contributed by atoms with E-state index < -0.39 is 0 Å². The maximum atomic E-state index is 11.6. The summed E-state index contributed by atoms with van der Waals surface area (Å²) in [5, 5.41) is 3.25. The van der Waals surface area contributed by atoms with E-state index in [-0.39, 0.29) is 5.91 Å². The number of nitrogens with two attached hydrogens (primary N) is 1. The van der Waals surface area contributed by atoms with Crippen molar-refractivity contribution in [3.05, 3.63) is 0 Å². The van der Waals surface area contributed by atoms with E-state index in [1.807, 2.05) is 4.90 Å². The van der Waals surface area contributed by atoms with Crippen LogP contribution in [0.1, 0.15) is 25.7 Å². The first-order chi connectivity index (χ1) is 6.75. The number of hydrogen-bond acceptors (Lipinski definition) is 3. The molecular weight excluding hydrogens is 178 g/mol. The summed E-state index contributed by atoms with van der Waals surface area (Å²) in [5.74, 6) is 0.253. The van der Waals surface area contributed by atoms with Gasteiger partial charge >= 0.3 is 0 Å². The van der Waals surface area contributed by atoms with Crippen LogP contribution in [0.3, 0.4) is 0 Å². The lowest BCUT2D eigenvalue weighted by Gasteiger charge is -2.33. The van der Waals surface area contributed by atoms with E-state index in [1.165, 1.54) is 12.8 Å². The van der Waals surface area contributed by atoms with Crippen LogP contribution < -0.4 is 11.1 Å². The molecule has 1 heterocycles. The van der Waals surface area contributed by atoms with Gasteiger partial charge in [0, 0.05) is 25.2 Å². The number of amides is 1. The molecule has 2 rings (SSSR count). The first kappa shape index (κ1) is 9.93. The van der Waals surface area contributed by atoms with Gasteiger partial charge in [0.2, 0.25) is 5.91 Å². The fraction of sp³-hybridized carbons (Fsp3) is 0.900. The molecule has 0 unspecified atom stereocenters. The van der Waals surface area contributed by atoms with Crippen molar-refractivity contribution in [3.63, 3.8) is 0 Å². The highest BCUT2D eigenvalue weighted by molar-refractivity contribution is 5.78. The molecule has 0 aromatic rings. The Bertz CT molecular complexity index is 207. The lowest BCUT2D eigenvalue weighted by atomic mass is 9.88. The largest absolute Gasteiger partial charge is 0.342 e. The molecule has 2 fully saturated rings. The van der Waals surface area contributed by atoms with Gasteiger partial charge < -0.3 is 16.0 Å². The Morgan fingerprint density at radius 1 is 1.36 bits per heavy atom. The highest BCUT2D eigenvalue weighted by atomic mass is 16.2. The second-order valence-corrected chi connectivity index (χ2v) is 4.40. The second kappa shape index (κ2) is 4.28. The van der Waals surface area contributed by atoms with Crippen molar-refractivity contribution < 1.29 is 4.79 Å². The monoisotopic (exact) mass is 197 g/mol. The standard InChI is InChI=1S/C10H19N3O/c11-8-5-9(6-8)12-7-10(14)13-3-1-2-4-13/h8-9,12H,1-7,11H2. The number of rotatable bonds is 3. The molecule has 1 saturated carbocycles. The van der Waals surface area contributed by atoms with Crippen molar-refractivity contribution in [2.75, 3.05) is 19.6 Å². The van der Waals surface area contributed by atoms with Gasteiger partial charge in [0.15, 0.2) is 0 Å². The van der Waals surface area contributed by atoms with Crippen molar-refractivity contribution in [1.82, 2.24) is 10.2 Å². The van der Waals surface area contributed by atoms with Gasteiger partial charge in [-0.25, -0.2) is 0 Å². The van der Waals surface area contributed by atoms with Gasteiger partial charge in [-0.1, -0.05) is 0 Å². The minimum absolute atomic E-state index is 0.253. The van der Waals surface area contributed by atoms with Gasteiger partial charge in [-0.05, 0) is 25.7 Å². The number of hydrogen-bond donors (Lipinski definition) is 2. The number of nitrogens with zero attached hydrogens (tertiary/aromatic N) is 1. The molecule has 2 aliphatic rings. The average molecular weight is 197 g/mol. The maximum Gasteiger partial charge on any atom is 0.236 e. The maximum absolute atomic E-state index is 11.6. The quantitative estimate of drug-likeness (QED) is 0.652. The first-order valence-corrected chi connectivity index (χ1v) is 5.52. The minimum Gasteiger partial charge on any atom is -0.342 e. The zero-order valence-corrected chi connectivity index (χ0v) is 8.54. The summed E-state index contributed by atoms with van der Waals surface area (Å²) >= 11 is 0. The van der Waals surface area contributed by atoms with Crippen LogP contribution in [0.5, 0.6) is 0 Å². The molecule has 0 aromatic carbocycles. The van der Waals surface area contributed by atoms with Crippen LogP contribution in [0.25, 0.3) is 0 Å². The SMILES string of the molecule is NC1CC(NCC(=O)N2CCCC2)C1. The predicted molar refractivity (Wildman–Crippen MR) is 54.8 cm³/mol. The number of carbonyl (C=O) groups is 1. The molecule has 1 amide bonds. The predicted octanol–water partition coefficient (Wildman–Crippen LogP) is -0.312. The first-order valence-electron chi connectivity index (χ1n) is 5.52. The van der Waals surface area contributed by atoms with Crippen molar-refractivity contribution >= 4 is 5.91 Å². The Morgan fingerprint density at radius 3 is 2.57 bits per heavy atom. The van der Waals surface area contributed by atoms with Crippen molar-refractivity contribution in [3.8, 4) is 0 Å². The Morgan fingerprint density at radius 2 is 2.00 bits per heavy atom. The third kappa shape index (κ3) is 2.25. The van der Waals surface area contributed by atoms with Crippen LogP contribution in [-0.4, -0.2) is 42.5 Å². The third-order valence-electron chi connectivity index (χ3n) is 3.18. The van der Waals surface area contributed by atoms with Crippen molar-refractivity contribution in [2.45, 2.75) is 37.8 Å². The van der Waals surface area contributed by atoms with E-state index in [1.54, 1.807) is 0 Å². The molecular formula is C10H19N3O. The van der Waals surface area contributed by atoms with Crippen LogP contribution >= 0.6 is 0 Å². The lowest BCUT2D eigenvalue weighted by molar-refractivity contribution is -0.129. The summed E-state index contributed by atoms with van der Waals surface area (Å²) in [4.78, 5) is 13.6. The zero-order chi connectivity index (χ0) is 9.97. The fourth-order valence-corrected chi connectivity index (χ4v) is 2.14. The summed E-state index contributed by atoms with van der Waals surface area (Å²) in [6, 6.07) is 0.839. The molecule has 0 radical (unpaired) electrons. The number of carbonyl (C=O) groups excluding carboxylic acids is 1. The minimum atomic E-state index is 0.253. The highest BCUT2D eigenvalue weighted by Crippen LogP contribution is 2.17. The van der Waals surface area contributed by atoms with Gasteiger partial charge in [-0.15, -0.1) is 0 Å². The average Bonchev–Trinajstić information content (AvgIpc) is 2.62. The van der Waals surface area contributed by atoms with E-state index in [2.05, 4.69) is 5.32 Å². The Labute approximate surface area is 84.8 Å². The molecule has 1 aliphatic carbocycles. The molecule has 4 nitrogen and oxygen atoms in total. The van der Waals surface area contributed by atoms with Crippen LogP contribution in [-0.2, 0) is 4.79 Å². The van der Waals surface area contributed by atoms with E-state index >= 15 is 0 Å². The fourth-order valence-electron chi connectivity index (χ4n) is 2.14. The van der Waals surface area contributed by atoms with Crippen LogP contribution in [0.15, 0.2) is 0 Å². The molecule has 80 valence electrons. The van der Waals surface area contributed by atoms with Crippen LogP contribution in [0.4, 0.5) is 0 Å². The molecule has 1 aliphatic heterocycles. The molecule has 1 saturated heterocycles. The normalized spacial score (nSPS) is 31.6. The molecule has 0 aromatic heterocycles. The highest BCUT2D eigenvalue weighted by Gasteiger charge is 2.26. The van der Waals surface area contributed by atoms with Gasteiger partial charge in [-0.3, -0.25) is 4.79 Å². The van der Waals surface area contributed by atoms with E-state index in [0.29, 0.717) is 18.6 Å². The summed E-state index contributed by atoms with van der Waals surface area (Å²) < 4.78 is 0. The van der Waals surface area contributed by atoms with E-state index in [9.17, 15) is 4.79 Å². The van der Waals surface area contributed by atoms with Crippen LogP contribution in [0, 0.1) is 0 Å². The van der Waals surface area contributed by atoms with Gasteiger partial charge in [0.25, 0.3) is 0 Å². The van der Waals surface area contributed by atoms with Crippen LogP contribution in [0.2, 0.25) is 0 Å². The summed E-state index contributed by atoms with van der Waals surface area (Å²) in [6.45, 7) is 2.40. The van der Waals surface area contributed by atoms with E-state index in [4.69, 9.17) is 5.73 Å². The molecule has 3 N–H and O–H groups in total. The number of nitrogens with one attached hydrogen (secondary N) is 1. The molecule has 14 heavy (non-hydrogen) atoms. The Balaban J connectivity index is 1.62. The molecule has 0 bridgehead atoms. The zero-order valence-electron chi connectivity index (χ0n) is 8.54. The Hall–Kier alpha value is -0.610. The summed E-state index contributed by atoms with van der Waals surface area (Å²) in [6.07, 6.45) is 4.38. The van der Waals surface area contributed by atoms with Gasteiger partial charge in [0.05, 0.1) is 6.54 Å².